The van der Waals surface area contributed by atoms with E-state index in [4.69, 9.17) is 0 Å². The molecule has 0 aliphatic carbocycles. The first-order chi connectivity index (χ1) is 9.18. The molecule has 4 heteroatoms. The van der Waals surface area contributed by atoms with Crippen LogP contribution < -0.4 is 4.90 Å². The number of amides is 1. The SMILES string of the molecule is CC.CC1CCn2c(nc3ccccc32)N(C)C1=O. The third-order valence-corrected chi connectivity index (χ3v) is 3.47. The van der Waals surface area contributed by atoms with Gasteiger partial charge in [-0.2, -0.15) is 0 Å². The van der Waals surface area contributed by atoms with Crippen molar-refractivity contribution < 1.29 is 4.79 Å². The average Bonchev–Trinajstić information content (AvgIpc) is 2.79. The van der Waals surface area contributed by atoms with Gasteiger partial charge in [0.15, 0.2) is 0 Å². The summed E-state index contributed by atoms with van der Waals surface area (Å²) in [6.45, 7) is 6.83. The fraction of sp³-hybridized carbons (Fsp3) is 0.467. The second kappa shape index (κ2) is 5.43. The van der Waals surface area contributed by atoms with Gasteiger partial charge >= 0.3 is 0 Å². The van der Waals surface area contributed by atoms with Crippen LogP contribution in [0.3, 0.4) is 0 Å². The van der Waals surface area contributed by atoms with Gasteiger partial charge in [-0.15, -0.1) is 0 Å². The van der Waals surface area contributed by atoms with Crippen molar-refractivity contribution in [2.24, 2.45) is 5.92 Å². The number of fused-ring (bicyclic) bond motifs is 3. The van der Waals surface area contributed by atoms with Gasteiger partial charge in [-0.05, 0) is 18.6 Å². The summed E-state index contributed by atoms with van der Waals surface area (Å²) in [6, 6.07) is 8.02. The second-order valence-corrected chi connectivity index (χ2v) is 4.64. The summed E-state index contributed by atoms with van der Waals surface area (Å²) in [5.74, 6) is 0.986. The first-order valence-electron chi connectivity index (χ1n) is 6.91. The molecule has 0 radical (unpaired) electrons. The van der Waals surface area contributed by atoms with Crippen LogP contribution in [0.5, 0.6) is 0 Å². The van der Waals surface area contributed by atoms with E-state index in [2.05, 4.69) is 15.6 Å². The maximum Gasteiger partial charge on any atom is 0.231 e. The Balaban J connectivity index is 0.000000637. The van der Waals surface area contributed by atoms with Gasteiger partial charge in [-0.1, -0.05) is 32.9 Å². The van der Waals surface area contributed by atoms with E-state index in [1.807, 2.05) is 46.0 Å². The number of aryl methyl sites for hydroxylation is 1. The molecule has 1 aromatic carbocycles. The number of anilines is 1. The standard InChI is InChI=1S/C13H15N3O.C2H6/c1-9-7-8-16-11-6-4-3-5-10(11)14-13(16)15(2)12(9)17;1-2/h3-6,9H,7-8H2,1-2H3;1-2H3. The molecule has 1 unspecified atom stereocenters. The Morgan fingerprint density at radius 1 is 1.26 bits per heavy atom. The van der Waals surface area contributed by atoms with E-state index < -0.39 is 0 Å². The van der Waals surface area contributed by atoms with Crippen LogP contribution in [0.4, 0.5) is 5.95 Å². The molecule has 1 aliphatic heterocycles. The van der Waals surface area contributed by atoms with Crippen molar-refractivity contribution in [3.05, 3.63) is 24.3 Å². The van der Waals surface area contributed by atoms with E-state index in [1.165, 1.54) is 0 Å². The van der Waals surface area contributed by atoms with E-state index in [1.54, 1.807) is 4.90 Å². The molecule has 3 rings (SSSR count). The van der Waals surface area contributed by atoms with Crippen molar-refractivity contribution in [3.63, 3.8) is 0 Å². The fourth-order valence-corrected chi connectivity index (χ4v) is 2.41. The van der Waals surface area contributed by atoms with Crippen molar-refractivity contribution >= 4 is 22.9 Å². The molecular weight excluding hydrogens is 238 g/mol. The van der Waals surface area contributed by atoms with Crippen LogP contribution in [-0.2, 0) is 11.3 Å². The molecule has 19 heavy (non-hydrogen) atoms. The Morgan fingerprint density at radius 2 is 1.95 bits per heavy atom. The zero-order valence-electron chi connectivity index (χ0n) is 12.1. The zero-order chi connectivity index (χ0) is 14.0. The number of rotatable bonds is 0. The number of benzene rings is 1. The topological polar surface area (TPSA) is 38.1 Å². The lowest BCUT2D eigenvalue weighted by molar-refractivity contribution is -0.121. The van der Waals surface area contributed by atoms with Gasteiger partial charge in [0, 0.05) is 19.5 Å². The highest BCUT2D eigenvalue weighted by Crippen LogP contribution is 2.27. The van der Waals surface area contributed by atoms with Crippen LogP contribution in [0.1, 0.15) is 27.2 Å². The number of hydrogen-bond acceptors (Lipinski definition) is 2. The van der Waals surface area contributed by atoms with E-state index in [0.29, 0.717) is 0 Å². The first-order valence-corrected chi connectivity index (χ1v) is 6.91. The summed E-state index contributed by atoms with van der Waals surface area (Å²) in [5, 5.41) is 0. The van der Waals surface area contributed by atoms with Crippen molar-refractivity contribution in [2.45, 2.75) is 33.7 Å². The number of hydrogen-bond donors (Lipinski definition) is 0. The fourth-order valence-electron chi connectivity index (χ4n) is 2.41. The molecule has 0 fully saturated rings. The molecule has 0 spiro atoms. The molecule has 0 bridgehead atoms. The molecular formula is C15H21N3O. The van der Waals surface area contributed by atoms with Crippen molar-refractivity contribution in [1.82, 2.24) is 9.55 Å². The van der Waals surface area contributed by atoms with Gasteiger partial charge in [0.2, 0.25) is 11.9 Å². The second-order valence-electron chi connectivity index (χ2n) is 4.64. The lowest BCUT2D eigenvalue weighted by Crippen LogP contribution is -2.31. The number of carbonyl (C=O) groups excluding carboxylic acids is 1. The first kappa shape index (κ1) is 13.6. The number of carbonyl (C=O) groups is 1. The third-order valence-electron chi connectivity index (χ3n) is 3.47. The molecule has 0 saturated carbocycles. The third kappa shape index (κ3) is 2.23. The molecule has 1 aliphatic rings. The summed E-state index contributed by atoms with van der Waals surface area (Å²) in [7, 11) is 1.81. The van der Waals surface area contributed by atoms with Crippen LogP contribution in [0.15, 0.2) is 24.3 Å². The Kier molecular flexibility index (Phi) is 3.88. The van der Waals surface area contributed by atoms with Gasteiger partial charge in [-0.25, -0.2) is 4.98 Å². The van der Waals surface area contributed by atoms with Crippen molar-refractivity contribution in [2.75, 3.05) is 11.9 Å². The summed E-state index contributed by atoms with van der Waals surface area (Å²) in [5.41, 5.74) is 2.06. The highest BCUT2D eigenvalue weighted by atomic mass is 16.2. The molecule has 2 heterocycles. The summed E-state index contributed by atoms with van der Waals surface area (Å²) in [6.07, 6.45) is 0.872. The van der Waals surface area contributed by atoms with Crippen LogP contribution in [0.2, 0.25) is 0 Å². The Labute approximate surface area is 114 Å². The van der Waals surface area contributed by atoms with Gasteiger partial charge in [0.1, 0.15) is 0 Å². The lowest BCUT2D eigenvalue weighted by Gasteiger charge is -2.15. The molecule has 1 atom stereocenters. The molecule has 1 aromatic heterocycles. The minimum absolute atomic E-state index is 0.0699. The maximum absolute atomic E-state index is 12.1. The summed E-state index contributed by atoms with van der Waals surface area (Å²) >= 11 is 0. The highest BCUT2D eigenvalue weighted by molar-refractivity contribution is 5.95. The van der Waals surface area contributed by atoms with Crippen LogP contribution in [0.25, 0.3) is 11.0 Å². The van der Waals surface area contributed by atoms with Crippen LogP contribution >= 0.6 is 0 Å². The predicted molar refractivity (Wildman–Crippen MR) is 78.3 cm³/mol. The number of aromatic nitrogens is 2. The monoisotopic (exact) mass is 259 g/mol. The Hall–Kier alpha value is -1.84. The van der Waals surface area contributed by atoms with Crippen molar-refractivity contribution in [3.8, 4) is 0 Å². The van der Waals surface area contributed by atoms with Gasteiger partial charge in [0.25, 0.3) is 0 Å². The van der Waals surface area contributed by atoms with Gasteiger partial charge in [0.05, 0.1) is 11.0 Å². The Bertz CT molecular complexity index is 588. The van der Waals surface area contributed by atoms with E-state index in [-0.39, 0.29) is 11.8 Å². The van der Waals surface area contributed by atoms with E-state index in [9.17, 15) is 4.79 Å². The highest BCUT2D eigenvalue weighted by Gasteiger charge is 2.27. The predicted octanol–water partition coefficient (Wildman–Crippen LogP) is 3.07. The van der Waals surface area contributed by atoms with Gasteiger partial charge in [-0.3, -0.25) is 9.69 Å². The quantitative estimate of drug-likeness (QED) is 0.729. The molecule has 0 N–H and O–H groups in total. The largest absolute Gasteiger partial charge is 0.310 e. The minimum atomic E-state index is 0.0699. The van der Waals surface area contributed by atoms with Crippen LogP contribution in [-0.4, -0.2) is 22.5 Å². The molecule has 102 valence electrons. The number of para-hydroxylation sites is 2. The summed E-state index contributed by atoms with van der Waals surface area (Å²) in [4.78, 5) is 18.3. The zero-order valence-corrected chi connectivity index (χ0v) is 12.1. The lowest BCUT2D eigenvalue weighted by atomic mass is 10.1. The average molecular weight is 259 g/mol. The maximum atomic E-state index is 12.1. The minimum Gasteiger partial charge on any atom is -0.310 e. The normalized spacial score (nSPS) is 18.6. The van der Waals surface area contributed by atoms with Gasteiger partial charge < -0.3 is 4.57 Å². The smallest absolute Gasteiger partial charge is 0.231 e. The van der Waals surface area contributed by atoms with E-state index >= 15 is 0 Å². The van der Waals surface area contributed by atoms with Crippen molar-refractivity contribution in [1.29, 1.82) is 0 Å². The molecule has 2 aromatic rings. The van der Waals surface area contributed by atoms with Crippen LogP contribution in [0, 0.1) is 5.92 Å². The number of nitrogens with zero attached hydrogens (tertiary/aromatic N) is 3. The molecule has 4 nitrogen and oxygen atoms in total. The summed E-state index contributed by atoms with van der Waals surface area (Å²) < 4.78 is 2.14. The Morgan fingerprint density at radius 3 is 2.68 bits per heavy atom. The number of imidazole rings is 1. The molecule has 1 amide bonds. The molecule has 0 saturated heterocycles. The van der Waals surface area contributed by atoms with E-state index in [0.717, 1.165) is 29.9 Å².